The molecule has 1 N–H and O–H groups in total. The summed E-state index contributed by atoms with van der Waals surface area (Å²) in [5.74, 6) is -1.07. The molecular formula is C24H31NO5S. The molecule has 0 saturated heterocycles. The minimum atomic E-state index is -0.561. The van der Waals surface area contributed by atoms with Gasteiger partial charge in [-0.3, -0.25) is 4.79 Å². The zero-order valence-electron chi connectivity index (χ0n) is 18.9. The number of amides is 1. The number of carbonyl (C=O) groups excluding carboxylic acids is 3. The van der Waals surface area contributed by atoms with Crippen LogP contribution in [0.4, 0.5) is 5.00 Å². The fourth-order valence-corrected chi connectivity index (χ4v) is 4.06. The van der Waals surface area contributed by atoms with Crippen molar-refractivity contribution >= 4 is 34.2 Å². The summed E-state index contributed by atoms with van der Waals surface area (Å²) in [4.78, 5) is 37.8. The highest BCUT2D eigenvalue weighted by Crippen LogP contribution is 2.34. The lowest BCUT2D eigenvalue weighted by Crippen LogP contribution is -2.15. The number of carbonyl (C=O) groups is 3. The summed E-state index contributed by atoms with van der Waals surface area (Å²) < 4.78 is 10.4. The van der Waals surface area contributed by atoms with Crippen LogP contribution in [0.15, 0.2) is 24.3 Å². The standard InChI is InChI=1S/C24H31NO5S/c1-6-29-23(27)20-17(5)21(24(28)30-14-15(2)3)31-22(20)25-19(26)9-7-8-18-12-10-16(4)11-13-18/h10-13,15H,6-9,14H2,1-5H3,(H,25,26). The molecule has 6 nitrogen and oxygen atoms in total. The van der Waals surface area contributed by atoms with E-state index in [0.717, 1.165) is 17.8 Å². The Hall–Kier alpha value is -2.67. The molecule has 0 aliphatic carbocycles. The van der Waals surface area contributed by atoms with Crippen molar-refractivity contribution in [1.82, 2.24) is 0 Å². The van der Waals surface area contributed by atoms with Crippen molar-refractivity contribution in [3.05, 3.63) is 51.4 Å². The molecule has 7 heteroatoms. The van der Waals surface area contributed by atoms with Crippen molar-refractivity contribution in [2.24, 2.45) is 5.92 Å². The Morgan fingerprint density at radius 3 is 2.32 bits per heavy atom. The van der Waals surface area contributed by atoms with E-state index in [1.807, 2.05) is 20.8 Å². The maximum atomic E-state index is 12.5. The zero-order valence-corrected chi connectivity index (χ0v) is 19.7. The summed E-state index contributed by atoms with van der Waals surface area (Å²) in [5, 5.41) is 3.12. The van der Waals surface area contributed by atoms with Crippen LogP contribution in [0.25, 0.3) is 0 Å². The summed E-state index contributed by atoms with van der Waals surface area (Å²) in [7, 11) is 0. The van der Waals surface area contributed by atoms with Gasteiger partial charge in [-0.2, -0.15) is 0 Å². The largest absolute Gasteiger partial charge is 0.462 e. The van der Waals surface area contributed by atoms with Gasteiger partial charge in [-0.25, -0.2) is 9.59 Å². The average molecular weight is 446 g/mol. The molecule has 0 atom stereocenters. The molecule has 2 rings (SSSR count). The van der Waals surface area contributed by atoms with Gasteiger partial charge in [0.25, 0.3) is 0 Å². The second kappa shape index (κ2) is 11.6. The van der Waals surface area contributed by atoms with Gasteiger partial charge in [0.2, 0.25) is 5.91 Å². The van der Waals surface area contributed by atoms with E-state index in [1.165, 1.54) is 11.1 Å². The van der Waals surface area contributed by atoms with E-state index in [2.05, 4.69) is 29.6 Å². The Morgan fingerprint density at radius 1 is 1.03 bits per heavy atom. The van der Waals surface area contributed by atoms with Crippen molar-refractivity contribution in [3.8, 4) is 0 Å². The van der Waals surface area contributed by atoms with Crippen LogP contribution in [0, 0.1) is 19.8 Å². The van der Waals surface area contributed by atoms with Gasteiger partial charge in [0, 0.05) is 6.42 Å². The smallest absolute Gasteiger partial charge is 0.348 e. The lowest BCUT2D eigenvalue weighted by Gasteiger charge is -2.07. The summed E-state index contributed by atoms with van der Waals surface area (Å²) in [5.41, 5.74) is 3.05. The van der Waals surface area contributed by atoms with Crippen LogP contribution < -0.4 is 5.32 Å². The van der Waals surface area contributed by atoms with Gasteiger partial charge >= 0.3 is 11.9 Å². The molecule has 0 unspecified atom stereocenters. The Kier molecular flexibility index (Phi) is 9.24. The summed E-state index contributed by atoms with van der Waals surface area (Å²) in [6, 6.07) is 8.22. The summed E-state index contributed by atoms with van der Waals surface area (Å²) >= 11 is 1.05. The predicted octanol–water partition coefficient (Wildman–Crippen LogP) is 5.32. The van der Waals surface area contributed by atoms with Crippen LogP contribution in [0.1, 0.15) is 70.3 Å². The van der Waals surface area contributed by atoms with Gasteiger partial charge in [0.1, 0.15) is 9.88 Å². The monoisotopic (exact) mass is 445 g/mol. The number of nitrogens with one attached hydrogen (secondary N) is 1. The highest BCUT2D eigenvalue weighted by Gasteiger charge is 2.27. The van der Waals surface area contributed by atoms with Crippen LogP contribution >= 0.6 is 11.3 Å². The van der Waals surface area contributed by atoms with E-state index in [-0.39, 0.29) is 30.6 Å². The van der Waals surface area contributed by atoms with E-state index < -0.39 is 11.9 Å². The highest BCUT2D eigenvalue weighted by molar-refractivity contribution is 7.18. The Bertz CT molecular complexity index is 915. The summed E-state index contributed by atoms with van der Waals surface area (Å²) in [6.07, 6.45) is 1.77. The van der Waals surface area contributed by atoms with Gasteiger partial charge in [0.15, 0.2) is 0 Å². The van der Waals surface area contributed by atoms with Crippen LogP contribution in [-0.4, -0.2) is 31.1 Å². The number of benzene rings is 1. The third-order valence-electron chi connectivity index (χ3n) is 4.60. The number of rotatable bonds is 10. The van der Waals surface area contributed by atoms with Gasteiger partial charge in [0.05, 0.1) is 18.8 Å². The van der Waals surface area contributed by atoms with Crippen LogP contribution in [-0.2, 0) is 20.7 Å². The number of thiophene rings is 1. The van der Waals surface area contributed by atoms with Crippen molar-refractivity contribution in [2.45, 2.75) is 53.9 Å². The zero-order chi connectivity index (χ0) is 23.0. The topological polar surface area (TPSA) is 81.7 Å². The maximum Gasteiger partial charge on any atom is 0.348 e. The molecule has 0 radical (unpaired) electrons. The Labute approximate surface area is 187 Å². The van der Waals surface area contributed by atoms with Crippen molar-refractivity contribution in [2.75, 3.05) is 18.5 Å². The molecule has 0 fully saturated rings. The molecular weight excluding hydrogens is 414 g/mol. The maximum absolute atomic E-state index is 12.5. The SMILES string of the molecule is CCOC(=O)c1c(NC(=O)CCCc2ccc(C)cc2)sc(C(=O)OCC(C)C)c1C. The molecule has 168 valence electrons. The van der Waals surface area contributed by atoms with E-state index in [9.17, 15) is 14.4 Å². The number of esters is 2. The van der Waals surface area contributed by atoms with Crippen LogP contribution in [0.5, 0.6) is 0 Å². The fourth-order valence-electron chi connectivity index (χ4n) is 2.95. The predicted molar refractivity (Wildman–Crippen MR) is 123 cm³/mol. The fraction of sp³-hybridized carbons (Fsp3) is 0.458. The van der Waals surface area contributed by atoms with E-state index in [4.69, 9.17) is 9.47 Å². The molecule has 0 aliphatic rings. The highest BCUT2D eigenvalue weighted by atomic mass is 32.1. The van der Waals surface area contributed by atoms with Gasteiger partial charge < -0.3 is 14.8 Å². The molecule has 0 saturated carbocycles. The second-order valence-electron chi connectivity index (χ2n) is 7.86. The third-order valence-corrected chi connectivity index (χ3v) is 5.79. The molecule has 2 aromatic rings. The molecule has 1 aromatic heterocycles. The number of aryl methyl sites for hydroxylation is 2. The molecule has 1 heterocycles. The third kappa shape index (κ3) is 7.21. The van der Waals surface area contributed by atoms with E-state index >= 15 is 0 Å². The summed E-state index contributed by atoms with van der Waals surface area (Å²) in [6.45, 7) is 9.79. The van der Waals surface area contributed by atoms with Gasteiger partial charge in [-0.1, -0.05) is 43.7 Å². The first-order valence-corrected chi connectivity index (χ1v) is 11.4. The number of ether oxygens (including phenoxy) is 2. The van der Waals surface area contributed by atoms with Crippen molar-refractivity contribution in [1.29, 1.82) is 0 Å². The Morgan fingerprint density at radius 2 is 1.71 bits per heavy atom. The second-order valence-corrected chi connectivity index (χ2v) is 8.88. The van der Waals surface area contributed by atoms with Crippen molar-refractivity contribution < 1.29 is 23.9 Å². The minimum Gasteiger partial charge on any atom is -0.462 e. The first kappa shape index (κ1) is 24.6. The first-order chi connectivity index (χ1) is 14.7. The van der Waals surface area contributed by atoms with Gasteiger partial charge in [-0.15, -0.1) is 11.3 Å². The lowest BCUT2D eigenvalue weighted by atomic mass is 10.1. The molecule has 0 spiro atoms. The Balaban J connectivity index is 2.10. The molecule has 0 aliphatic heterocycles. The average Bonchev–Trinajstić information content (AvgIpc) is 3.03. The van der Waals surface area contributed by atoms with E-state index in [1.54, 1.807) is 13.8 Å². The first-order valence-electron chi connectivity index (χ1n) is 10.6. The van der Waals surface area contributed by atoms with Crippen molar-refractivity contribution in [3.63, 3.8) is 0 Å². The number of hydrogen-bond donors (Lipinski definition) is 1. The molecule has 0 bridgehead atoms. The lowest BCUT2D eigenvalue weighted by molar-refractivity contribution is -0.116. The molecule has 1 amide bonds. The van der Waals surface area contributed by atoms with Crippen LogP contribution in [0.2, 0.25) is 0 Å². The minimum absolute atomic E-state index is 0.196. The molecule has 1 aromatic carbocycles. The van der Waals surface area contributed by atoms with E-state index in [0.29, 0.717) is 28.3 Å². The number of anilines is 1. The van der Waals surface area contributed by atoms with Crippen LogP contribution in [0.3, 0.4) is 0 Å². The normalized spacial score (nSPS) is 10.8. The number of hydrogen-bond acceptors (Lipinski definition) is 6. The molecule has 31 heavy (non-hydrogen) atoms. The quantitative estimate of drug-likeness (QED) is 0.501. The van der Waals surface area contributed by atoms with Gasteiger partial charge in [-0.05, 0) is 50.7 Å².